The lowest BCUT2D eigenvalue weighted by molar-refractivity contribution is 0.0524. The van der Waals surface area contributed by atoms with E-state index < -0.39 is 0 Å². The van der Waals surface area contributed by atoms with Crippen LogP contribution >= 0.6 is 0 Å². The molecule has 3 rings (SSSR count). The molecule has 0 unspecified atom stereocenters. The van der Waals surface area contributed by atoms with E-state index in [-0.39, 0.29) is 5.97 Å². The van der Waals surface area contributed by atoms with Crippen LogP contribution in [0.2, 0.25) is 0 Å². The van der Waals surface area contributed by atoms with Gasteiger partial charge in [0.15, 0.2) is 0 Å². The van der Waals surface area contributed by atoms with Crippen LogP contribution in [-0.4, -0.2) is 35.0 Å². The lowest BCUT2D eigenvalue weighted by atomic mass is 9.99. The summed E-state index contributed by atoms with van der Waals surface area (Å²) < 4.78 is 5.22. The van der Waals surface area contributed by atoms with E-state index in [0.29, 0.717) is 24.1 Å². The zero-order chi connectivity index (χ0) is 15.0. The Morgan fingerprint density at radius 2 is 2.24 bits per heavy atom. The molecule has 1 aromatic rings. The number of aromatic nitrogens is 1. The van der Waals surface area contributed by atoms with E-state index in [1.807, 2.05) is 13.0 Å². The van der Waals surface area contributed by atoms with Crippen LogP contribution < -0.4 is 0 Å². The average Bonchev–Trinajstić information content (AvgIpc) is 3.30. The highest BCUT2D eigenvalue weighted by Gasteiger charge is 2.32. The van der Waals surface area contributed by atoms with E-state index in [2.05, 4.69) is 18.7 Å². The molecule has 0 aromatic carbocycles. The number of esters is 1. The molecule has 4 nitrogen and oxygen atoms in total. The van der Waals surface area contributed by atoms with E-state index >= 15 is 0 Å². The molecule has 4 heteroatoms. The van der Waals surface area contributed by atoms with Crippen molar-refractivity contribution in [3.63, 3.8) is 0 Å². The average molecular weight is 288 g/mol. The zero-order valence-corrected chi connectivity index (χ0v) is 13.2. The lowest BCUT2D eigenvalue weighted by Crippen LogP contribution is -2.36. The van der Waals surface area contributed by atoms with Crippen LogP contribution in [-0.2, 0) is 17.7 Å². The van der Waals surface area contributed by atoms with Crippen molar-refractivity contribution in [2.75, 3.05) is 13.2 Å². The molecule has 0 spiro atoms. The second-order valence-electron chi connectivity index (χ2n) is 6.34. The summed E-state index contributed by atoms with van der Waals surface area (Å²) >= 11 is 0. The molecular weight excluding hydrogens is 264 g/mol. The molecule has 1 fully saturated rings. The molecule has 0 radical (unpaired) electrons. The molecule has 2 heterocycles. The molecule has 0 N–H and O–H groups in total. The standard InChI is InChI=1S/C17H24N2O2/c1-4-21-17(20)14-9-13-10-19(11(2)3)8-7-15(13)18-16(14)12-5-6-12/h9,11-12H,4-8,10H2,1-3H3. The first-order chi connectivity index (χ1) is 10.1. The van der Waals surface area contributed by atoms with Crippen LogP contribution in [0.1, 0.15) is 66.8 Å². The van der Waals surface area contributed by atoms with Crippen LogP contribution in [0.5, 0.6) is 0 Å². The fourth-order valence-electron chi connectivity index (χ4n) is 2.99. The minimum Gasteiger partial charge on any atom is -0.462 e. The predicted octanol–water partition coefficient (Wildman–Crippen LogP) is 2.90. The molecule has 1 saturated carbocycles. The lowest BCUT2D eigenvalue weighted by Gasteiger charge is -2.32. The summed E-state index contributed by atoms with van der Waals surface area (Å²) in [6.45, 7) is 8.63. The van der Waals surface area contributed by atoms with E-state index in [1.54, 1.807) is 0 Å². The zero-order valence-electron chi connectivity index (χ0n) is 13.2. The fourth-order valence-corrected chi connectivity index (χ4v) is 2.99. The van der Waals surface area contributed by atoms with Gasteiger partial charge in [0.2, 0.25) is 0 Å². The van der Waals surface area contributed by atoms with Gasteiger partial charge in [-0.2, -0.15) is 0 Å². The quantitative estimate of drug-likeness (QED) is 0.799. The van der Waals surface area contributed by atoms with Gasteiger partial charge in [0.25, 0.3) is 0 Å². The van der Waals surface area contributed by atoms with Crippen molar-refractivity contribution in [2.24, 2.45) is 0 Å². The second kappa shape index (κ2) is 5.76. The van der Waals surface area contributed by atoms with Crippen molar-refractivity contribution >= 4 is 5.97 Å². The van der Waals surface area contributed by atoms with Gasteiger partial charge in [0.05, 0.1) is 17.9 Å². The van der Waals surface area contributed by atoms with Crippen LogP contribution in [0.4, 0.5) is 0 Å². The summed E-state index contributed by atoms with van der Waals surface area (Å²) in [5.74, 6) is 0.259. The van der Waals surface area contributed by atoms with Crippen LogP contribution in [0.25, 0.3) is 0 Å². The summed E-state index contributed by atoms with van der Waals surface area (Å²) in [6.07, 6.45) is 3.28. The first kappa shape index (κ1) is 14.5. The van der Waals surface area contributed by atoms with Gasteiger partial charge in [-0.05, 0) is 45.2 Å². The third kappa shape index (κ3) is 2.95. The van der Waals surface area contributed by atoms with Crippen molar-refractivity contribution < 1.29 is 9.53 Å². The molecule has 0 amide bonds. The van der Waals surface area contributed by atoms with Crippen molar-refractivity contribution in [3.05, 3.63) is 28.6 Å². The van der Waals surface area contributed by atoms with Crippen LogP contribution in [0.3, 0.4) is 0 Å². The summed E-state index contributed by atoms with van der Waals surface area (Å²) in [6, 6.07) is 2.56. The Morgan fingerprint density at radius 3 is 2.86 bits per heavy atom. The van der Waals surface area contributed by atoms with E-state index in [0.717, 1.165) is 38.0 Å². The summed E-state index contributed by atoms with van der Waals surface area (Å²) in [7, 11) is 0. The predicted molar refractivity (Wildman–Crippen MR) is 81.4 cm³/mol. The first-order valence-electron chi connectivity index (χ1n) is 8.04. The number of hydrogen-bond acceptors (Lipinski definition) is 4. The van der Waals surface area contributed by atoms with Gasteiger partial charge in [0.1, 0.15) is 0 Å². The van der Waals surface area contributed by atoms with Crippen molar-refractivity contribution in [1.29, 1.82) is 0 Å². The Morgan fingerprint density at radius 1 is 1.48 bits per heavy atom. The van der Waals surface area contributed by atoms with Crippen LogP contribution in [0, 0.1) is 0 Å². The Bertz CT molecular complexity index is 550. The Hall–Kier alpha value is -1.42. The molecule has 0 saturated heterocycles. The van der Waals surface area contributed by atoms with E-state index in [1.165, 1.54) is 11.3 Å². The largest absolute Gasteiger partial charge is 0.462 e. The molecule has 114 valence electrons. The number of ether oxygens (including phenoxy) is 1. The molecule has 0 bridgehead atoms. The van der Waals surface area contributed by atoms with E-state index in [9.17, 15) is 4.79 Å². The fraction of sp³-hybridized carbons (Fsp3) is 0.647. The molecule has 21 heavy (non-hydrogen) atoms. The van der Waals surface area contributed by atoms with Gasteiger partial charge < -0.3 is 4.74 Å². The number of carbonyl (C=O) groups is 1. The maximum atomic E-state index is 12.2. The van der Waals surface area contributed by atoms with E-state index in [4.69, 9.17) is 9.72 Å². The number of nitrogens with zero attached hydrogens (tertiary/aromatic N) is 2. The Kier molecular flexibility index (Phi) is 3.98. The highest BCUT2D eigenvalue weighted by atomic mass is 16.5. The van der Waals surface area contributed by atoms with Crippen molar-refractivity contribution in [3.8, 4) is 0 Å². The highest BCUT2D eigenvalue weighted by Crippen LogP contribution is 2.41. The summed E-state index contributed by atoms with van der Waals surface area (Å²) in [5, 5.41) is 0. The Balaban J connectivity index is 1.95. The SMILES string of the molecule is CCOC(=O)c1cc2c(nc1C1CC1)CCN(C(C)C)C2. The summed E-state index contributed by atoms with van der Waals surface area (Å²) in [5.41, 5.74) is 4.05. The minimum absolute atomic E-state index is 0.212. The maximum absolute atomic E-state index is 12.2. The molecule has 1 aliphatic heterocycles. The summed E-state index contributed by atoms with van der Waals surface area (Å²) in [4.78, 5) is 19.5. The minimum atomic E-state index is -0.212. The van der Waals surface area contributed by atoms with Gasteiger partial charge in [-0.3, -0.25) is 9.88 Å². The van der Waals surface area contributed by atoms with Crippen LogP contribution in [0.15, 0.2) is 6.07 Å². The van der Waals surface area contributed by atoms with Gasteiger partial charge in [-0.1, -0.05) is 0 Å². The monoisotopic (exact) mass is 288 g/mol. The van der Waals surface area contributed by atoms with Gasteiger partial charge in [-0.15, -0.1) is 0 Å². The Labute approximate surface area is 126 Å². The maximum Gasteiger partial charge on any atom is 0.340 e. The number of pyridine rings is 1. The number of rotatable bonds is 4. The molecule has 2 aliphatic rings. The van der Waals surface area contributed by atoms with Gasteiger partial charge >= 0.3 is 5.97 Å². The van der Waals surface area contributed by atoms with Crippen molar-refractivity contribution in [2.45, 2.75) is 58.5 Å². The molecule has 1 aromatic heterocycles. The van der Waals surface area contributed by atoms with Gasteiger partial charge in [0, 0.05) is 37.2 Å². The van der Waals surface area contributed by atoms with Crippen molar-refractivity contribution in [1.82, 2.24) is 9.88 Å². The third-order valence-electron chi connectivity index (χ3n) is 4.42. The first-order valence-corrected chi connectivity index (χ1v) is 8.04. The molecule has 1 aliphatic carbocycles. The topological polar surface area (TPSA) is 42.4 Å². The third-order valence-corrected chi connectivity index (χ3v) is 4.42. The molecular formula is C17H24N2O2. The number of hydrogen-bond donors (Lipinski definition) is 0. The second-order valence-corrected chi connectivity index (χ2v) is 6.34. The van der Waals surface area contributed by atoms with Gasteiger partial charge in [-0.25, -0.2) is 4.79 Å². The molecule has 0 atom stereocenters. The smallest absolute Gasteiger partial charge is 0.340 e. The number of carbonyl (C=O) groups excluding carboxylic acids is 1. The highest BCUT2D eigenvalue weighted by molar-refractivity contribution is 5.91. The normalized spacial score (nSPS) is 18.7. The number of fused-ring (bicyclic) bond motifs is 1.